The number of aliphatic hydroxyl groups is 2. The molecular formula is C37H52N5O18P3S. The second-order valence-electron chi connectivity index (χ2n) is 14.6. The molecule has 1 fully saturated rings. The van der Waals surface area contributed by atoms with E-state index in [-0.39, 0.29) is 47.3 Å². The van der Waals surface area contributed by atoms with Gasteiger partial charge in [-0.3, -0.25) is 18.9 Å². The number of nitrogens with one attached hydrogen (secondary N) is 4. The lowest BCUT2D eigenvalue weighted by Crippen LogP contribution is -2.33. The van der Waals surface area contributed by atoms with Crippen molar-refractivity contribution in [2.24, 2.45) is 0 Å². The number of rotatable bonds is 24. The largest absolute Gasteiger partial charge is 0.490 e. The van der Waals surface area contributed by atoms with Gasteiger partial charge >= 0.3 is 23.5 Å². The molecule has 0 aliphatic carbocycles. The number of benzene rings is 2. The van der Waals surface area contributed by atoms with Crippen molar-refractivity contribution in [3.8, 4) is 11.8 Å². The zero-order valence-electron chi connectivity index (χ0n) is 34.7. The Kier molecular flexibility index (Phi) is 19.4. The van der Waals surface area contributed by atoms with Gasteiger partial charge in [0.2, 0.25) is 21.8 Å². The van der Waals surface area contributed by atoms with E-state index >= 15 is 0 Å². The number of hydrogen-bond donors (Lipinski definition) is 10. The monoisotopic (exact) mass is 979 g/mol. The minimum absolute atomic E-state index is 0.0544. The number of carbonyl (C=O) groups is 2. The van der Waals surface area contributed by atoms with E-state index in [0.717, 1.165) is 11.1 Å². The van der Waals surface area contributed by atoms with Crippen molar-refractivity contribution in [3.05, 3.63) is 70.1 Å². The highest BCUT2D eigenvalue weighted by atomic mass is 32.2. The number of H-pyrrole nitrogens is 1. The first-order valence-electron chi connectivity index (χ1n) is 19.7. The molecule has 1 aliphatic heterocycles. The number of aromatic amines is 1. The Hall–Kier alpha value is -3.85. The van der Waals surface area contributed by atoms with Gasteiger partial charge < -0.3 is 55.0 Å². The molecule has 0 saturated carbocycles. The summed E-state index contributed by atoms with van der Waals surface area (Å²) in [6, 6.07) is 12.0. The Balaban J connectivity index is 1.08. The number of amides is 2. The molecule has 1 aliphatic rings. The topological polar surface area (TPSA) is 350 Å². The molecule has 10 N–H and O–H groups in total. The molecule has 2 amide bonds. The lowest BCUT2D eigenvalue weighted by molar-refractivity contribution is -0.122. The molecular weight excluding hydrogens is 927 g/mol. The maximum absolute atomic E-state index is 13.1. The third-order valence-corrected chi connectivity index (χ3v) is 14.8. The second-order valence-corrected chi connectivity index (χ2v) is 20.8. The van der Waals surface area contributed by atoms with E-state index in [9.17, 15) is 56.5 Å². The van der Waals surface area contributed by atoms with Gasteiger partial charge in [0, 0.05) is 73.8 Å². The number of pyridine rings is 1. The second kappa shape index (κ2) is 23.6. The summed E-state index contributed by atoms with van der Waals surface area (Å²) in [5.41, 5.74) is 0.166. The Bertz CT molecular complexity index is 2490. The fourth-order valence-electron chi connectivity index (χ4n) is 6.44. The third kappa shape index (κ3) is 16.5. The zero-order valence-corrected chi connectivity index (χ0v) is 38.2. The third-order valence-electron chi connectivity index (χ3n) is 9.43. The van der Waals surface area contributed by atoms with Crippen molar-refractivity contribution < 1.29 is 79.4 Å². The zero-order chi connectivity index (χ0) is 47.3. The van der Waals surface area contributed by atoms with Crippen molar-refractivity contribution in [2.45, 2.75) is 80.7 Å². The summed E-state index contributed by atoms with van der Waals surface area (Å²) in [5, 5.41) is 27.9. The number of aromatic nitrogens is 1. The highest BCUT2D eigenvalue weighted by molar-refractivity contribution is 7.89. The van der Waals surface area contributed by atoms with Gasteiger partial charge in [-0.05, 0) is 43.9 Å². The lowest BCUT2D eigenvalue weighted by atomic mass is 10.0. The Morgan fingerprint density at radius 2 is 1.48 bits per heavy atom. The van der Waals surface area contributed by atoms with Crippen LogP contribution in [0.5, 0.6) is 0 Å². The van der Waals surface area contributed by atoms with Gasteiger partial charge in [0.1, 0.15) is 24.4 Å². The molecule has 64 heavy (non-hydrogen) atoms. The number of carbonyl (C=O) groups excluding carboxylic acids is 2. The number of nitrogens with zero attached hydrogens (tertiary/aromatic N) is 1. The number of ether oxygens (including phenoxy) is 1. The summed E-state index contributed by atoms with van der Waals surface area (Å²) in [5.74, 6) is 5.05. The SMILES string of the molecule is CN(C)c1cccc2c(S(=O)(=O)NCCCCCC(=O)NCCCCCC(=O)NCC#Cc3c[nH]c(=O)c([C@@H]4O[C@H](COP(=O)(O)OP(=O)(O)OP(=O)(O)O)[C@@H](O)[C@H]4O)c3)cccc12. The summed E-state index contributed by atoms with van der Waals surface area (Å²) in [6.45, 7) is -0.439. The van der Waals surface area contributed by atoms with Crippen LogP contribution in [0.2, 0.25) is 0 Å². The number of unbranched alkanes of at least 4 members (excludes halogenated alkanes) is 4. The summed E-state index contributed by atoms with van der Waals surface area (Å²) in [4.78, 5) is 77.9. The Morgan fingerprint density at radius 3 is 2.16 bits per heavy atom. The van der Waals surface area contributed by atoms with Gasteiger partial charge in [-0.15, -0.1) is 0 Å². The summed E-state index contributed by atoms with van der Waals surface area (Å²) in [7, 11) is -16.9. The van der Waals surface area contributed by atoms with Crippen LogP contribution in [0.25, 0.3) is 10.8 Å². The average molecular weight is 980 g/mol. The highest BCUT2D eigenvalue weighted by Gasteiger charge is 2.47. The number of sulfonamides is 1. The van der Waals surface area contributed by atoms with Crippen LogP contribution in [-0.2, 0) is 51.2 Å². The van der Waals surface area contributed by atoms with E-state index in [1.807, 2.05) is 37.2 Å². The van der Waals surface area contributed by atoms with Crippen LogP contribution in [-0.4, -0.2) is 114 Å². The number of anilines is 1. The molecule has 0 spiro atoms. The molecule has 2 unspecified atom stereocenters. The fourth-order valence-corrected chi connectivity index (χ4v) is 10.8. The van der Waals surface area contributed by atoms with Gasteiger partial charge in [0.05, 0.1) is 18.0 Å². The molecule has 3 aromatic rings. The Labute approximate surface area is 368 Å². The molecule has 0 radical (unpaired) electrons. The summed E-state index contributed by atoms with van der Waals surface area (Å²) in [6.07, 6.45) is -1.26. The molecule has 354 valence electrons. The lowest BCUT2D eigenvalue weighted by Gasteiger charge is -2.19. The standard InChI is InChI=1S/C37H52N5O18P3S/c1-42(2)29-15-9-14-27-26(29)13-10-16-31(27)64(55,56)41-21-8-4-6-18-32(43)38-19-7-3-5-17-33(44)39-20-11-12-25-22-28(37(47)40-23-25)36-35(46)34(45)30(58-36)24-57-62(51,52)60-63(53,54)59-61(48,49)50/h9-10,13-16,22-23,30,34-36,41,45-46H,3-8,17-21,24H2,1-2H3,(H,38,43)(H,39,44)(H,40,47)(H,51,52)(H,53,54)(H2,48,49,50)/t30-,34-,35-,36+/m1/s1. The van der Waals surface area contributed by atoms with Crippen LogP contribution in [0.4, 0.5) is 5.69 Å². The van der Waals surface area contributed by atoms with Crippen molar-refractivity contribution >= 4 is 61.8 Å². The predicted octanol–water partition coefficient (Wildman–Crippen LogP) is 1.78. The van der Waals surface area contributed by atoms with Crippen molar-refractivity contribution in [1.82, 2.24) is 20.3 Å². The first-order valence-corrected chi connectivity index (χ1v) is 25.7. The summed E-state index contributed by atoms with van der Waals surface area (Å²) >= 11 is 0. The first kappa shape index (κ1) is 52.8. The number of phosphoric ester groups is 1. The van der Waals surface area contributed by atoms with E-state index in [0.29, 0.717) is 56.9 Å². The van der Waals surface area contributed by atoms with Crippen molar-refractivity contribution in [2.75, 3.05) is 45.2 Å². The maximum Gasteiger partial charge on any atom is 0.490 e. The van der Waals surface area contributed by atoms with Crippen LogP contribution in [0, 0.1) is 11.8 Å². The maximum atomic E-state index is 13.1. The van der Waals surface area contributed by atoms with Crippen molar-refractivity contribution in [3.63, 3.8) is 0 Å². The van der Waals surface area contributed by atoms with Gasteiger partial charge in [0.25, 0.3) is 5.56 Å². The van der Waals surface area contributed by atoms with Gasteiger partial charge in [0.15, 0.2) is 0 Å². The molecule has 27 heteroatoms. The van der Waals surface area contributed by atoms with Crippen LogP contribution < -0.4 is 25.8 Å². The molecule has 2 heterocycles. The van der Waals surface area contributed by atoms with Crippen LogP contribution in [0.1, 0.15) is 68.6 Å². The van der Waals surface area contributed by atoms with Gasteiger partial charge in [-0.1, -0.05) is 48.9 Å². The highest BCUT2D eigenvalue weighted by Crippen LogP contribution is 2.66. The van der Waals surface area contributed by atoms with Gasteiger partial charge in [-0.25, -0.2) is 26.8 Å². The van der Waals surface area contributed by atoms with E-state index < -0.39 is 70.1 Å². The molecule has 0 bridgehead atoms. The van der Waals surface area contributed by atoms with Gasteiger partial charge in [-0.2, -0.15) is 8.62 Å². The Morgan fingerprint density at radius 1 is 0.844 bits per heavy atom. The molecule has 1 aromatic heterocycles. The first-order chi connectivity index (χ1) is 30.0. The molecule has 2 aromatic carbocycles. The molecule has 4 rings (SSSR count). The minimum Gasteiger partial charge on any atom is -0.387 e. The van der Waals surface area contributed by atoms with Crippen molar-refractivity contribution in [1.29, 1.82) is 0 Å². The van der Waals surface area contributed by atoms with Crippen LogP contribution in [0.3, 0.4) is 0 Å². The molecule has 1 saturated heterocycles. The average Bonchev–Trinajstić information content (AvgIpc) is 3.48. The summed E-state index contributed by atoms with van der Waals surface area (Å²) < 4.78 is 80.3. The quantitative estimate of drug-likeness (QED) is 0.0347. The van der Waals surface area contributed by atoms with Crippen LogP contribution in [0.15, 0.2) is 58.4 Å². The molecule has 23 nitrogen and oxygen atoms in total. The van der Waals surface area contributed by atoms with Crippen LogP contribution >= 0.6 is 23.5 Å². The molecule has 6 atom stereocenters. The van der Waals surface area contributed by atoms with E-state index in [2.05, 4.69) is 45.3 Å². The number of aliphatic hydroxyl groups excluding tert-OH is 2. The predicted molar refractivity (Wildman–Crippen MR) is 230 cm³/mol. The smallest absolute Gasteiger partial charge is 0.387 e. The number of phosphoric acid groups is 3. The normalized spacial score (nSPS) is 19.6. The van der Waals surface area contributed by atoms with E-state index in [1.165, 1.54) is 12.3 Å². The van der Waals surface area contributed by atoms with E-state index in [1.54, 1.807) is 18.2 Å². The number of hydrogen-bond acceptors (Lipinski definition) is 15. The fraction of sp³-hybridized carbons (Fsp3) is 0.486. The number of fused-ring (bicyclic) bond motifs is 1. The minimum atomic E-state index is -5.80. The van der Waals surface area contributed by atoms with E-state index in [4.69, 9.17) is 14.5 Å².